The zero-order valence-corrected chi connectivity index (χ0v) is 11.4. The molecule has 0 amide bonds. The number of hydrogen-bond acceptors (Lipinski definition) is 5. The maximum atomic E-state index is 12.3. The number of pyridine rings is 1. The molecule has 0 bridgehead atoms. The highest BCUT2D eigenvalue weighted by Gasteiger charge is 2.12. The Labute approximate surface area is 118 Å². The number of carbonyl (C=O) groups excluding carboxylic acids is 1. The Hall–Kier alpha value is -2.47. The molecule has 20 heavy (non-hydrogen) atoms. The van der Waals surface area contributed by atoms with E-state index in [2.05, 4.69) is 9.72 Å². The Kier molecular flexibility index (Phi) is 3.08. The molecule has 2 aromatic heterocycles. The summed E-state index contributed by atoms with van der Waals surface area (Å²) < 4.78 is 6.20. The van der Waals surface area contributed by atoms with Gasteiger partial charge in [-0.05, 0) is 41.9 Å². The highest BCUT2D eigenvalue weighted by atomic mass is 32.1. The number of benzene rings is 1. The van der Waals surface area contributed by atoms with E-state index in [1.807, 2.05) is 0 Å². The number of esters is 1. The lowest BCUT2D eigenvalue weighted by Crippen LogP contribution is -2.11. The molecular weight excluding hydrogens is 276 g/mol. The fourth-order valence-corrected chi connectivity index (χ4v) is 2.85. The van der Waals surface area contributed by atoms with Crippen LogP contribution in [0.25, 0.3) is 15.9 Å². The first-order chi connectivity index (χ1) is 9.70. The van der Waals surface area contributed by atoms with Crippen LogP contribution in [0.4, 0.5) is 0 Å². The van der Waals surface area contributed by atoms with E-state index in [0.717, 1.165) is 0 Å². The molecule has 6 heteroatoms. The molecule has 0 spiro atoms. The minimum atomic E-state index is -0.431. The van der Waals surface area contributed by atoms with Gasteiger partial charge in [-0.25, -0.2) is 13.7 Å². The van der Waals surface area contributed by atoms with Crippen LogP contribution in [0.3, 0.4) is 0 Å². The van der Waals surface area contributed by atoms with Crippen LogP contribution in [-0.4, -0.2) is 22.0 Å². The van der Waals surface area contributed by atoms with E-state index in [1.165, 1.54) is 22.6 Å². The molecule has 0 N–H and O–H groups in total. The highest BCUT2D eigenvalue weighted by Crippen LogP contribution is 2.18. The largest absolute Gasteiger partial charge is 0.465 e. The van der Waals surface area contributed by atoms with E-state index in [1.54, 1.807) is 42.6 Å². The van der Waals surface area contributed by atoms with E-state index in [-0.39, 0.29) is 5.56 Å². The Balaban J connectivity index is 2.18. The van der Waals surface area contributed by atoms with Crippen LogP contribution in [-0.2, 0) is 4.74 Å². The van der Waals surface area contributed by atoms with Gasteiger partial charge in [0.1, 0.15) is 4.83 Å². The lowest BCUT2D eigenvalue weighted by Gasteiger charge is -2.03. The molecule has 2 heterocycles. The van der Waals surface area contributed by atoms with Gasteiger partial charge in [0.05, 0.1) is 23.7 Å². The summed E-state index contributed by atoms with van der Waals surface area (Å²) >= 11 is 1.25. The number of fused-ring (bicyclic) bond motifs is 1. The quantitative estimate of drug-likeness (QED) is 0.678. The third-order valence-electron chi connectivity index (χ3n) is 2.87. The number of carbonyl (C=O) groups is 1. The van der Waals surface area contributed by atoms with Crippen LogP contribution in [0.1, 0.15) is 10.4 Å². The lowest BCUT2D eigenvalue weighted by molar-refractivity contribution is 0.0600. The molecule has 5 nitrogen and oxygen atoms in total. The van der Waals surface area contributed by atoms with Gasteiger partial charge in [0.25, 0.3) is 5.56 Å². The maximum Gasteiger partial charge on any atom is 0.337 e. The number of ether oxygens (including phenoxy) is 1. The van der Waals surface area contributed by atoms with Crippen molar-refractivity contribution >= 4 is 27.7 Å². The van der Waals surface area contributed by atoms with Crippen molar-refractivity contribution in [2.24, 2.45) is 0 Å². The second kappa shape index (κ2) is 4.90. The van der Waals surface area contributed by atoms with Crippen molar-refractivity contribution in [3.05, 3.63) is 58.5 Å². The second-order valence-corrected chi connectivity index (χ2v) is 5.02. The molecule has 0 fully saturated rings. The van der Waals surface area contributed by atoms with Gasteiger partial charge in [-0.3, -0.25) is 4.79 Å². The van der Waals surface area contributed by atoms with Gasteiger partial charge >= 0.3 is 5.97 Å². The fraction of sp³-hybridized carbons (Fsp3) is 0.0714. The number of rotatable bonds is 2. The molecule has 0 aliphatic carbocycles. The van der Waals surface area contributed by atoms with Crippen LogP contribution in [0.5, 0.6) is 0 Å². The van der Waals surface area contributed by atoms with Crippen LogP contribution in [0.15, 0.2) is 47.4 Å². The summed E-state index contributed by atoms with van der Waals surface area (Å²) in [6, 6.07) is 10.2. The van der Waals surface area contributed by atoms with Gasteiger partial charge in [-0.2, -0.15) is 0 Å². The second-order valence-electron chi connectivity index (χ2n) is 4.09. The molecule has 0 unspecified atom stereocenters. The highest BCUT2D eigenvalue weighted by molar-refractivity contribution is 7.13. The molecule has 3 aromatic rings. The summed E-state index contributed by atoms with van der Waals surface area (Å²) in [6.07, 6.45) is 1.65. The first-order valence-electron chi connectivity index (χ1n) is 5.86. The maximum absolute atomic E-state index is 12.3. The molecule has 100 valence electrons. The monoisotopic (exact) mass is 286 g/mol. The van der Waals surface area contributed by atoms with Gasteiger partial charge in [0.2, 0.25) is 0 Å². The summed E-state index contributed by atoms with van der Waals surface area (Å²) in [5.74, 6) is -0.431. The first kappa shape index (κ1) is 12.6. The average molecular weight is 286 g/mol. The zero-order valence-electron chi connectivity index (χ0n) is 10.6. The van der Waals surface area contributed by atoms with Crippen LogP contribution < -0.4 is 5.56 Å². The van der Waals surface area contributed by atoms with Crippen LogP contribution in [0.2, 0.25) is 0 Å². The van der Waals surface area contributed by atoms with Crippen molar-refractivity contribution in [1.82, 2.24) is 8.94 Å². The summed E-state index contributed by atoms with van der Waals surface area (Å²) in [5, 5.41) is 0.570. The molecule has 0 saturated carbocycles. The topological polar surface area (TPSA) is 61.2 Å². The predicted molar refractivity (Wildman–Crippen MR) is 76.6 cm³/mol. The molecule has 0 aliphatic rings. The fourth-order valence-electron chi connectivity index (χ4n) is 1.91. The number of hydrogen-bond donors (Lipinski definition) is 0. The summed E-state index contributed by atoms with van der Waals surface area (Å²) in [6.45, 7) is 0. The van der Waals surface area contributed by atoms with Crippen molar-refractivity contribution in [3.63, 3.8) is 0 Å². The van der Waals surface area contributed by atoms with Crippen molar-refractivity contribution in [2.45, 2.75) is 0 Å². The number of methoxy groups -OCH3 is 1. The Morgan fingerprint density at radius 3 is 2.90 bits per heavy atom. The predicted octanol–water partition coefficient (Wildman–Crippen LogP) is 2.23. The number of nitrogens with zero attached hydrogens (tertiary/aromatic N) is 2. The minimum Gasteiger partial charge on any atom is -0.465 e. The van der Waals surface area contributed by atoms with E-state index < -0.39 is 5.97 Å². The van der Waals surface area contributed by atoms with Gasteiger partial charge in [-0.15, -0.1) is 0 Å². The molecule has 0 saturated heterocycles. The van der Waals surface area contributed by atoms with E-state index >= 15 is 0 Å². The number of aromatic nitrogens is 2. The normalized spacial score (nSPS) is 10.7. The van der Waals surface area contributed by atoms with Crippen molar-refractivity contribution in [1.29, 1.82) is 0 Å². The Morgan fingerprint density at radius 1 is 1.30 bits per heavy atom. The first-order valence-corrected chi connectivity index (χ1v) is 6.64. The summed E-state index contributed by atoms with van der Waals surface area (Å²) in [5.41, 5.74) is 0.892. The van der Waals surface area contributed by atoms with E-state index in [9.17, 15) is 9.59 Å². The average Bonchev–Trinajstić information content (AvgIpc) is 2.84. The third-order valence-corrected chi connectivity index (χ3v) is 3.92. The molecular formula is C14H10N2O3S. The minimum absolute atomic E-state index is 0.139. The lowest BCUT2D eigenvalue weighted by atomic mass is 10.2. The Morgan fingerprint density at radius 2 is 2.15 bits per heavy atom. The summed E-state index contributed by atoms with van der Waals surface area (Å²) in [7, 11) is 1.32. The van der Waals surface area contributed by atoms with E-state index in [4.69, 9.17) is 0 Å². The molecule has 1 aromatic carbocycles. The van der Waals surface area contributed by atoms with E-state index in [0.29, 0.717) is 21.5 Å². The molecule has 3 rings (SSSR count). The zero-order chi connectivity index (χ0) is 14.1. The molecule has 0 atom stereocenters. The van der Waals surface area contributed by atoms with Gasteiger partial charge in [-0.1, -0.05) is 6.07 Å². The van der Waals surface area contributed by atoms with Crippen molar-refractivity contribution in [3.8, 4) is 5.69 Å². The van der Waals surface area contributed by atoms with Gasteiger partial charge < -0.3 is 4.74 Å². The van der Waals surface area contributed by atoms with Gasteiger partial charge in [0.15, 0.2) is 0 Å². The SMILES string of the molecule is COC(=O)c1cccc(-n2sc3ncccc3c2=O)c1. The van der Waals surface area contributed by atoms with Crippen molar-refractivity contribution < 1.29 is 9.53 Å². The third kappa shape index (κ3) is 2.00. The molecule has 0 aliphatic heterocycles. The smallest absolute Gasteiger partial charge is 0.337 e. The summed E-state index contributed by atoms with van der Waals surface area (Å²) in [4.78, 5) is 28.7. The van der Waals surface area contributed by atoms with Crippen LogP contribution in [0, 0.1) is 0 Å². The van der Waals surface area contributed by atoms with Crippen molar-refractivity contribution in [2.75, 3.05) is 7.11 Å². The standard InChI is InChI=1S/C14H10N2O3S/c1-19-14(18)9-4-2-5-10(8-9)16-13(17)11-6-3-7-15-12(11)20-16/h2-8H,1H3. The van der Waals surface area contributed by atoms with Gasteiger partial charge in [0, 0.05) is 6.20 Å². The van der Waals surface area contributed by atoms with Crippen LogP contribution >= 0.6 is 11.5 Å². The Bertz CT molecular complexity index is 851. The molecule has 0 radical (unpaired) electrons.